The van der Waals surface area contributed by atoms with Crippen LogP contribution in [0.3, 0.4) is 0 Å². The van der Waals surface area contributed by atoms with Crippen LogP contribution in [0.25, 0.3) is 0 Å². The molecule has 0 bridgehead atoms. The van der Waals surface area contributed by atoms with Gasteiger partial charge < -0.3 is 39.9 Å². The molecule has 0 radical (unpaired) electrons. The summed E-state index contributed by atoms with van der Waals surface area (Å²) in [6, 6.07) is 1.23. The average molecular weight is 1110 g/mol. The van der Waals surface area contributed by atoms with Gasteiger partial charge in [0.15, 0.2) is 18.1 Å². The van der Waals surface area contributed by atoms with Crippen molar-refractivity contribution < 1.29 is 71.1 Å². The van der Waals surface area contributed by atoms with Gasteiger partial charge in [-0.15, -0.1) is 0 Å². The number of anilines is 1. The largest absolute Gasteiger partial charge is 0.481 e. The van der Waals surface area contributed by atoms with Crippen LogP contribution in [-0.4, -0.2) is 91.5 Å². The molecule has 19 nitrogen and oxygen atoms in total. The van der Waals surface area contributed by atoms with Crippen molar-refractivity contribution in [1.82, 2.24) is 9.55 Å². The van der Waals surface area contributed by atoms with Crippen LogP contribution in [0.4, 0.5) is 5.82 Å². The summed E-state index contributed by atoms with van der Waals surface area (Å²) < 4.78 is 56.6. The maximum Gasteiger partial charge on any atom is 0.481 e. The molecule has 2 heterocycles. The minimum atomic E-state index is -5.49. The summed E-state index contributed by atoms with van der Waals surface area (Å²) in [6.07, 6.45) is 42.3. The number of aromatic nitrogens is 2. The molecule has 76 heavy (non-hydrogen) atoms. The van der Waals surface area contributed by atoms with Crippen molar-refractivity contribution in [3.8, 4) is 0 Å². The summed E-state index contributed by atoms with van der Waals surface area (Å²) in [5, 5.41) is 20.9. The van der Waals surface area contributed by atoms with Crippen LogP contribution in [0.2, 0.25) is 0 Å². The highest BCUT2D eigenvalue weighted by atomic mass is 31.3. The number of carbonyl (C=O) groups is 3. The zero-order valence-electron chi connectivity index (χ0n) is 44.8. The highest BCUT2D eigenvalue weighted by molar-refractivity contribution is 7.61. The molecule has 2 unspecified atom stereocenters. The van der Waals surface area contributed by atoms with E-state index in [0.717, 1.165) is 81.4 Å². The lowest BCUT2D eigenvalue weighted by Crippen LogP contribution is -2.36. The van der Waals surface area contributed by atoms with Crippen LogP contribution < -0.4 is 11.4 Å². The number of ether oxygens (including phenoxy) is 3. The number of unbranched alkanes of at least 4 members (excludes halogenated alkanes) is 13. The number of aliphatic hydroxyl groups is 2. The molecule has 0 amide bonds. The van der Waals surface area contributed by atoms with Gasteiger partial charge in [0.2, 0.25) is 0 Å². The number of nitrogens with two attached hydrogens (primary N) is 1. The number of esters is 2. The van der Waals surface area contributed by atoms with Crippen LogP contribution in [0.5, 0.6) is 0 Å². The molecule has 1 fully saturated rings. The maximum absolute atomic E-state index is 12.9. The number of rotatable bonds is 44. The van der Waals surface area contributed by atoms with Crippen molar-refractivity contribution in [2.75, 3.05) is 25.6 Å². The number of allylic oxidation sites excluding steroid dienone is 14. The molecule has 7 atom stereocenters. The van der Waals surface area contributed by atoms with Gasteiger partial charge in [0.05, 0.1) is 13.2 Å². The van der Waals surface area contributed by atoms with Gasteiger partial charge in [0, 0.05) is 25.5 Å². The fourth-order valence-corrected chi connectivity index (χ4v) is 9.56. The van der Waals surface area contributed by atoms with Crippen molar-refractivity contribution in [1.29, 1.82) is 0 Å². The Bertz CT molecular complexity index is 2170. The molecule has 1 aromatic rings. The fraction of sp³-hybridized carbons (Fsp3) is 0.618. The van der Waals surface area contributed by atoms with Crippen molar-refractivity contribution >= 4 is 39.2 Å². The van der Waals surface area contributed by atoms with Crippen LogP contribution >= 0.6 is 15.6 Å². The number of hydrogen-bond donors (Lipinski definition) is 5. The monoisotopic (exact) mass is 1110 g/mol. The standard InChI is InChI=1S/C55H87N3O16P2/c1-3-5-7-9-11-13-15-17-18-19-20-21-22-23-25-27-29-31-33-35-39-50(60)69-43-47(72-51(61)40-36-38-46(59)37-34-32-30-28-26-24-16-14-12-10-8-6-4-2)44-70-75(65,66)74-76(67,68)71-45-48-52(62)53(63)54(73-48)58-42-41-49(56)57-55(58)64/h12-15,18-19,21-22,24,26,30,32,34,37,41-42,47-48,52-54,62-63H,3-11,16-17,20,23,25,27-29,31,33,35-36,38-40,43-45H2,1-2H3,(H,65,66)(H,67,68)(H2,56,57,64)/b14-12-,15-13-,19-18-,22-21-,26-24-,32-30-,37-34+/t47-,48-,52-,53-,54-/m1/s1. The first-order valence-electron chi connectivity index (χ1n) is 27.1. The Morgan fingerprint density at radius 3 is 1.82 bits per heavy atom. The summed E-state index contributed by atoms with van der Waals surface area (Å²) in [6.45, 7) is 1.87. The Balaban J connectivity index is 1.84. The molecule has 1 aliphatic heterocycles. The Morgan fingerprint density at radius 1 is 0.671 bits per heavy atom. The number of aliphatic hydroxyl groups excluding tert-OH is 2. The molecule has 21 heteroatoms. The zero-order chi connectivity index (χ0) is 55.7. The minimum Gasteiger partial charge on any atom is -0.462 e. The predicted octanol–water partition coefficient (Wildman–Crippen LogP) is 11.0. The highest BCUT2D eigenvalue weighted by Crippen LogP contribution is 2.60. The lowest BCUT2D eigenvalue weighted by atomic mass is 10.1. The van der Waals surface area contributed by atoms with Crippen molar-refractivity contribution in [2.24, 2.45) is 0 Å². The molecular formula is C55H87N3O16P2. The van der Waals surface area contributed by atoms with E-state index < -0.39 is 83.7 Å². The normalized spacial score (nSPS) is 19.3. The van der Waals surface area contributed by atoms with E-state index in [4.69, 9.17) is 29.0 Å². The summed E-state index contributed by atoms with van der Waals surface area (Å²) in [4.78, 5) is 74.4. The highest BCUT2D eigenvalue weighted by Gasteiger charge is 2.46. The quantitative estimate of drug-likeness (QED) is 0.0101. The van der Waals surface area contributed by atoms with Crippen LogP contribution in [0, 0.1) is 0 Å². The van der Waals surface area contributed by atoms with E-state index in [2.05, 4.69) is 77.8 Å². The number of ketones is 1. The van der Waals surface area contributed by atoms with E-state index >= 15 is 0 Å². The van der Waals surface area contributed by atoms with Gasteiger partial charge in [0.1, 0.15) is 30.7 Å². The second kappa shape index (κ2) is 41.7. The van der Waals surface area contributed by atoms with Gasteiger partial charge in [-0.2, -0.15) is 9.29 Å². The number of phosphoric acid groups is 2. The van der Waals surface area contributed by atoms with E-state index in [1.165, 1.54) is 57.1 Å². The predicted molar refractivity (Wildman–Crippen MR) is 293 cm³/mol. The number of carbonyl (C=O) groups excluding carboxylic acids is 3. The van der Waals surface area contributed by atoms with Gasteiger partial charge in [-0.05, 0) is 89.2 Å². The molecule has 0 aromatic carbocycles. The van der Waals surface area contributed by atoms with Gasteiger partial charge >= 0.3 is 33.3 Å². The van der Waals surface area contributed by atoms with Crippen LogP contribution in [0.15, 0.2) is 102 Å². The van der Waals surface area contributed by atoms with Crippen molar-refractivity contribution in [2.45, 2.75) is 199 Å². The Labute approximate surface area is 450 Å². The zero-order valence-corrected chi connectivity index (χ0v) is 46.6. The molecule has 1 aliphatic rings. The second-order valence-electron chi connectivity index (χ2n) is 18.4. The SMILES string of the molecule is CCCCC/C=C\C/C=C\C/C=C\C=C\C(=O)CCCC(=O)O[C@H](COC(=O)CCCCCCCC/C=C\C/C=C\C/C=C\CCCCCC)COP(=O)(O)OP(=O)(O)OC[C@H]1O[C@@H](n2ccc(N)nc2=O)[C@H](O)[C@@H]1O. The molecule has 428 valence electrons. The molecule has 0 saturated carbocycles. The van der Waals surface area contributed by atoms with Gasteiger partial charge in [-0.3, -0.25) is 28.0 Å². The van der Waals surface area contributed by atoms with Crippen LogP contribution in [-0.2, 0) is 51.1 Å². The Kier molecular flexibility index (Phi) is 37.1. The first-order valence-corrected chi connectivity index (χ1v) is 30.0. The lowest BCUT2D eigenvalue weighted by Gasteiger charge is -2.21. The summed E-state index contributed by atoms with van der Waals surface area (Å²) in [5.41, 5.74) is 4.57. The molecule has 1 saturated heterocycles. The van der Waals surface area contributed by atoms with E-state index in [1.54, 1.807) is 12.2 Å². The molecular weight excluding hydrogens is 1020 g/mol. The molecule has 2 rings (SSSR count). The number of nitrogens with zero attached hydrogens (tertiary/aromatic N) is 2. The van der Waals surface area contributed by atoms with E-state index in [-0.39, 0.29) is 37.3 Å². The molecule has 0 aliphatic carbocycles. The number of nitrogen functional groups attached to an aromatic ring is 1. The van der Waals surface area contributed by atoms with Crippen LogP contribution in [0.1, 0.15) is 174 Å². The minimum absolute atomic E-state index is 0.0118. The molecule has 6 N–H and O–H groups in total. The van der Waals surface area contributed by atoms with E-state index in [9.17, 15) is 48.3 Å². The average Bonchev–Trinajstić information content (AvgIpc) is 3.65. The van der Waals surface area contributed by atoms with E-state index in [0.29, 0.717) is 12.8 Å². The maximum atomic E-state index is 12.9. The third kappa shape index (κ3) is 33.7. The Morgan fingerprint density at radius 2 is 1.20 bits per heavy atom. The van der Waals surface area contributed by atoms with E-state index in [1.807, 2.05) is 12.2 Å². The third-order valence-electron chi connectivity index (χ3n) is 11.7. The summed E-state index contributed by atoms with van der Waals surface area (Å²) in [7, 11) is -11.0. The topological polar surface area (TPSA) is 283 Å². The van der Waals surface area contributed by atoms with Gasteiger partial charge in [-0.1, -0.05) is 151 Å². The lowest BCUT2D eigenvalue weighted by molar-refractivity contribution is -0.161. The van der Waals surface area contributed by atoms with Gasteiger partial charge in [0.25, 0.3) is 0 Å². The smallest absolute Gasteiger partial charge is 0.462 e. The first-order chi connectivity index (χ1) is 36.6. The fourth-order valence-electron chi connectivity index (χ4n) is 7.45. The Hall–Kier alpha value is -4.39. The van der Waals surface area contributed by atoms with Crippen molar-refractivity contribution in [3.63, 3.8) is 0 Å². The number of phosphoric ester groups is 2. The molecule has 0 spiro atoms. The second-order valence-corrected chi connectivity index (χ2v) is 21.4. The first kappa shape index (κ1) is 67.7. The van der Waals surface area contributed by atoms with Crippen molar-refractivity contribution in [3.05, 3.63) is 108 Å². The molecule has 1 aromatic heterocycles. The third-order valence-corrected chi connectivity index (χ3v) is 14.3. The van der Waals surface area contributed by atoms with Gasteiger partial charge in [-0.25, -0.2) is 13.9 Å². The summed E-state index contributed by atoms with van der Waals surface area (Å²) in [5.74, 6) is -1.82. The summed E-state index contributed by atoms with van der Waals surface area (Å²) >= 11 is 0. The number of hydrogen-bond acceptors (Lipinski definition) is 16.